The van der Waals surface area contributed by atoms with E-state index in [0.717, 1.165) is 50.7 Å². The van der Waals surface area contributed by atoms with E-state index in [9.17, 15) is 0 Å². The van der Waals surface area contributed by atoms with Crippen molar-refractivity contribution in [1.29, 1.82) is 0 Å². The predicted octanol–water partition coefficient (Wildman–Crippen LogP) is 3.90. The third kappa shape index (κ3) is 6.31. The zero-order valence-electron chi connectivity index (χ0n) is 17.6. The van der Waals surface area contributed by atoms with Gasteiger partial charge in [-0.15, -0.1) is 11.3 Å². The van der Waals surface area contributed by atoms with E-state index in [1.54, 1.807) is 11.3 Å². The third-order valence-corrected chi connectivity index (χ3v) is 6.41. The molecule has 154 valence electrons. The molecule has 1 fully saturated rings. The Kier molecular flexibility index (Phi) is 8.34. The van der Waals surface area contributed by atoms with Gasteiger partial charge in [0.2, 0.25) is 0 Å². The molecule has 1 saturated heterocycles. The summed E-state index contributed by atoms with van der Waals surface area (Å²) >= 11 is 1.78. The maximum atomic E-state index is 6.54. The van der Waals surface area contributed by atoms with Crippen molar-refractivity contribution in [3.05, 3.63) is 52.2 Å². The predicted molar refractivity (Wildman–Crippen MR) is 119 cm³/mol. The highest BCUT2D eigenvalue weighted by atomic mass is 32.1. The van der Waals surface area contributed by atoms with Crippen LogP contribution in [0.5, 0.6) is 5.75 Å². The van der Waals surface area contributed by atoms with Crippen LogP contribution < -0.4 is 10.1 Å². The van der Waals surface area contributed by atoms with Crippen LogP contribution in [0.2, 0.25) is 0 Å². The molecule has 1 aliphatic rings. The average molecular weight is 402 g/mol. The van der Waals surface area contributed by atoms with Gasteiger partial charge in [-0.1, -0.05) is 31.2 Å². The van der Waals surface area contributed by atoms with E-state index in [1.807, 2.05) is 7.05 Å². The van der Waals surface area contributed by atoms with Crippen molar-refractivity contribution in [1.82, 2.24) is 15.1 Å². The highest BCUT2D eigenvalue weighted by molar-refractivity contribution is 7.10. The SMILES string of the molecule is CNCCC(Oc1ccccc1CCN1CCN(C)C[C@@H](C)C1)c1cccs1. The van der Waals surface area contributed by atoms with Crippen molar-refractivity contribution in [2.45, 2.75) is 25.9 Å². The molecular weight excluding hydrogens is 366 g/mol. The number of benzene rings is 1. The summed E-state index contributed by atoms with van der Waals surface area (Å²) in [4.78, 5) is 6.37. The summed E-state index contributed by atoms with van der Waals surface area (Å²) in [6, 6.07) is 12.9. The van der Waals surface area contributed by atoms with Crippen molar-refractivity contribution in [3.63, 3.8) is 0 Å². The van der Waals surface area contributed by atoms with Gasteiger partial charge in [-0.05, 0) is 56.1 Å². The molecule has 1 aromatic carbocycles. The van der Waals surface area contributed by atoms with Gasteiger partial charge in [0, 0.05) is 44.0 Å². The maximum Gasteiger partial charge on any atom is 0.134 e. The van der Waals surface area contributed by atoms with Gasteiger partial charge in [0.25, 0.3) is 0 Å². The Hall–Kier alpha value is -1.40. The first-order chi connectivity index (χ1) is 13.7. The molecule has 1 unspecified atom stereocenters. The summed E-state index contributed by atoms with van der Waals surface area (Å²) in [5, 5.41) is 5.39. The van der Waals surface area contributed by atoms with Crippen LogP contribution in [0.3, 0.4) is 0 Å². The van der Waals surface area contributed by atoms with E-state index < -0.39 is 0 Å². The molecule has 1 aliphatic heterocycles. The zero-order chi connectivity index (χ0) is 19.8. The standard InChI is InChI=1S/C23H35N3OS/c1-19-17-25(3)14-15-26(18-19)13-11-20-7-4-5-8-21(20)27-22(10-12-24-2)23-9-6-16-28-23/h4-9,16,19,22,24H,10-15,17-18H2,1-3H3/t19-,22?/m1/s1. The van der Waals surface area contributed by atoms with Gasteiger partial charge >= 0.3 is 0 Å². The molecule has 5 heteroatoms. The summed E-state index contributed by atoms with van der Waals surface area (Å²) in [5.74, 6) is 1.76. The highest BCUT2D eigenvalue weighted by Crippen LogP contribution is 2.30. The van der Waals surface area contributed by atoms with Gasteiger partial charge < -0.3 is 19.9 Å². The molecule has 0 saturated carbocycles. The summed E-state index contributed by atoms with van der Waals surface area (Å²) in [5.41, 5.74) is 1.32. The van der Waals surface area contributed by atoms with Crippen molar-refractivity contribution in [2.75, 3.05) is 53.4 Å². The molecule has 1 N–H and O–H groups in total. The van der Waals surface area contributed by atoms with Crippen molar-refractivity contribution in [3.8, 4) is 5.75 Å². The first-order valence-electron chi connectivity index (χ1n) is 10.5. The number of nitrogens with zero attached hydrogens (tertiary/aromatic N) is 2. The molecule has 28 heavy (non-hydrogen) atoms. The lowest BCUT2D eigenvalue weighted by Gasteiger charge is -2.24. The lowest BCUT2D eigenvalue weighted by atomic mass is 10.1. The molecule has 2 heterocycles. The second-order valence-corrected chi connectivity index (χ2v) is 9.02. The Morgan fingerprint density at radius 2 is 2.04 bits per heavy atom. The number of likely N-dealkylation sites (N-methyl/N-ethyl adjacent to an activating group) is 1. The lowest BCUT2D eigenvalue weighted by molar-refractivity contribution is 0.195. The minimum Gasteiger partial charge on any atom is -0.485 e. The van der Waals surface area contributed by atoms with E-state index in [2.05, 4.69) is 70.9 Å². The first-order valence-corrected chi connectivity index (χ1v) is 11.4. The van der Waals surface area contributed by atoms with E-state index in [-0.39, 0.29) is 6.10 Å². The van der Waals surface area contributed by atoms with Gasteiger partial charge in [-0.2, -0.15) is 0 Å². The van der Waals surface area contributed by atoms with Crippen LogP contribution in [-0.4, -0.2) is 63.2 Å². The summed E-state index contributed by atoms with van der Waals surface area (Å²) < 4.78 is 6.54. The summed E-state index contributed by atoms with van der Waals surface area (Å²) in [6.07, 6.45) is 2.12. The molecule has 0 radical (unpaired) electrons. The number of hydrogen-bond acceptors (Lipinski definition) is 5. The van der Waals surface area contributed by atoms with E-state index in [1.165, 1.54) is 23.5 Å². The fraction of sp³-hybridized carbons (Fsp3) is 0.565. The van der Waals surface area contributed by atoms with Gasteiger partial charge in [0.05, 0.1) is 0 Å². The molecule has 2 aromatic rings. The van der Waals surface area contributed by atoms with Crippen LogP contribution in [0, 0.1) is 5.92 Å². The quantitative estimate of drug-likeness (QED) is 0.690. The number of para-hydroxylation sites is 1. The first kappa shape index (κ1) is 21.3. The van der Waals surface area contributed by atoms with Crippen LogP contribution in [0.1, 0.15) is 29.9 Å². The van der Waals surface area contributed by atoms with Crippen LogP contribution >= 0.6 is 11.3 Å². The number of ether oxygens (including phenoxy) is 1. The Labute approximate surface area is 174 Å². The van der Waals surface area contributed by atoms with E-state index in [0.29, 0.717) is 0 Å². The molecule has 4 nitrogen and oxygen atoms in total. The smallest absolute Gasteiger partial charge is 0.134 e. The minimum absolute atomic E-state index is 0.112. The van der Waals surface area contributed by atoms with Crippen LogP contribution in [0.15, 0.2) is 41.8 Å². The Balaban J connectivity index is 1.65. The number of thiophene rings is 1. The van der Waals surface area contributed by atoms with Gasteiger partial charge in [-0.25, -0.2) is 0 Å². The Morgan fingerprint density at radius 1 is 1.18 bits per heavy atom. The molecule has 1 aromatic heterocycles. The number of nitrogens with one attached hydrogen (secondary N) is 1. The molecule has 3 rings (SSSR count). The third-order valence-electron chi connectivity index (χ3n) is 5.45. The van der Waals surface area contributed by atoms with Crippen molar-refractivity contribution >= 4 is 11.3 Å². The summed E-state index contributed by atoms with van der Waals surface area (Å²) in [7, 11) is 4.23. The molecule has 2 atom stereocenters. The van der Waals surface area contributed by atoms with Gasteiger partial charge in [0.15, 0.2) is 0 Å². The highest BCUT2D eigenvalue weighted by Gasteiger charge is 2.19. The van der Waals surface area contributed by atoms with Crippen LogP contribution in [0.25, 0.3) is 0 Å². The van der Waals surface area contributed by atoms with E-state index in [4.69, 9.17) is 4.74 Å². The zero-order valence-corrected chi connectivity index (χ0v) is 18.4. The van der Waals surface area contributed by atoms with Crippen LogP contribution in [-0.2, 0) is 6.42 Å². The van der Waals surface area contributed by atoms with Crippen molar-refractivity contribution in [2.24, 2.45) is 5.92 Å². The monoisotopic (exact) mass is 401 g/mol. The Bertz CT molecular complexity index is 691. The van der Waals surface area contributed by atoms with Crippen LogP contribution in [0.4, 0.5) is 0 Å². The minimum atomic E-state index is 0.112. The second kappa shape index (κ2) is 11.0. The van der Waals surface area contributed by atoms with Gasteiger partial charge in [0.1, 0.15) is 11.9 Å². The van der Waals surface area contributed by atoms with Crippen molar-refractivity contribution < 1.29 is 4.74 Å². The Morgan fingerprint density at radius 3 is 2.82 bits per heavy atom. The molecular formula is C23H35N3OS. The largest absolute Gasteiger partial charge is 0.485 e. The topological polar surface area (TPSA) is 27.7 Å². The molecule has 0 aliphatic carbocycles. The fourth-order valence-electron chi connectivity index (χ4n) is 3.99. The van der Waals surface area contributed by atoms with E-state index >= 15 is 0 Å². The number of hydrogen-bond donors (Lipinski definition) is 1. The fourth-order valence-corrected chi connectivity index (χ4v) is 4.78. The lowest BCUT2D eigenvalue weighted by Crippen LogP contribution is -2.31. The molecule has 0 spiro atoms. The average Bonchev–Trinajstić information content (AvgIpc) is 3.17. The number of rotatable bonds is 9. The van der Waals surface area contributed by atoms with Gasteiger partial charge in [-0.3, -0.25) is 0 Å². The normalized spacial score (nSPS) is 20.0. The maximum absolute atomic E-state index is 6.54. The summed E-state index contributed by atoms with van der Waals surface area (Å²) in [6.45, 7) is 9.11. The molecule has 0 bridgehead atoms. The second-order valence-electron chi connectivity index (χ2n) is 8.04. The molecule has 0 amide bonds.